The van der Waals surface area contributed by atoms with E-state index >= 15 is 0 Å². The van der Waals surface area contributed by atoms with Crippen LogP contribution < -0.4 is 0 Å². The van der Waals surface area contributed by atoms with Crippen molar-refractivity contribution >= 4 is 5.97 Å². The normalized spacial score (nSPS) is 51.1. The summed E-state index contributed by atoms with van der Waals surface area (Å²) in [5, 5.41) is 0. The molecule has 0 aromatic heterocycles. The second-order valence-corrected chi connectivity index (χ2v) is 15.5. The minimum atomic E-state index is -0.115. The molecule has 4 fully saturated rings. The van der Waals surface area contributed by atoms with E-state index in [4.69, 9.17) is 4.74 Å². The van der Waals surface area contributed by atoms with Gasteiger partial charge in [-0.2, -0.15) is 0 Å². The number of carbonyl (C=O) groups excluding carboxylic acids is 1. The third-order valence-corrected chi connectivity index (χ3v) is 13.9. The summed E-state index contributed by atoms with van der Waals surface area (Å²) in [5.74, 6) is 2.01. The van der Waals surface area contributed by atoms with Gasteiger partial charge >= 0.3 is 5.97 Å². The number of esters is 1. The zero-order chi connectivity index (χ0) is 24.9. The zero-order valence-electron chi connectivity index (χ0n) is 23.8. The lowest BCUT2D eigenvalue weighted by Crippen LogP contribution is -2.64. The molecule has 0 amide bonds. The maximum Gasteiger partial charge on any atom is 0.302 e. The molecule has 0 aromatic rings. The van der Waals surface area contributed by atoms with E-state index in [2.05, 4.69) is 61.5 Å². The maximum absolute atomic E-state index is 11.9. The van der Waals surface area contributed by atoms with E-state index < -0.39 is 0 Å². The molecule has 5 aliphatic rings. The Hall–Kier alpha value is -0.790. The van der Waals surface area contributed by atoms with E-state index in [1.165, 1.54) is 51.4 Å². The Morgan fingerprint density at radius 1 is 0.824 bits per heavy atom. The second kappa shape index (κ2) is 7.38. The molecule has 0 N–H and O–H groups in total. The van der Waals surface area contributed by atoms with Crippen molar-refractivity contribution < 1.29 is 9.53 Å². The predicted molar refractivity (Wildman–Crippen MR) is 140 cm³/mol. The minimum Gasteiger partial charge on any atom is -0.462 e. The summed E-state index contributed by atoms with van der Waals surface area (Å²) in [6, 6.07) is 0. The first kappa shape index (κ1) is 24.9. The molecule has 0 unspecified atom stereocenters. The van der Waals surface area contributed by atoms with Crippen LogP contribution in [0.25, 0.3) is 0 Å². The number of rotatable bonds is 1. The molecule has 0 saturated heterocycles. The van der Waals surface area contributed by atoms with Crippen molar-refractivity contribution in [1.29, 1.82) is 0 Å². The average molecular weight is 469 g/mol. The third-order valence-electron chi connectivity index (χ3n) is 13.9. The van der Waals surface area contributed by atoms with Gasteiger partial charge in [-0.3, -0.25) is 4.79 Å². The number of allylic oxidation sites excluding steroid dienone is 2. The highest BCUT2D eigenvalue weighted by molar-refractivity contribution is 5.66. The highest BCUT2D eigenvalue weighted by Crippen LogP contribution is 2.76. The number of hydrogen-bond donors (Lipinski definition) is 0. The lowest BCUT2D eigenvalue weighted by atomic mass is 9.32. The summed E-state index contributed by atoms with van der Waals surface area (Å²) in [7, 11) is 0. The first-order valence-electron chi connectivity index (χ1n) is 14.5. The van der Waals surface area contributed by atoms with Gasteiger partial charge < -0.3 is 4.74 Å². The van der Waals surface area contributed by atoms with Crippen LogP contribution in [0.5, 0.6) is 0 Å². The molecule has 0 aliphatic heterocycles. The lowest BCUT2D eigenvalue weighted by Gasteiger charge is -2.72. The van der Waals surface area contributed by atoms with Crippen LogP contribution in [0.3, 0.4) is 0 Å². The van der Waals surface area contributed by atoms with E-state index in [1.807, 2.05) is 5.57 Å². The van der Waals surface area contributed by atoms with Gasteiger partial charge in [-0.05, 0) is 103 Å². The standard InChI is InChI=1S/C32H52O2/c1-21(33)34-26-15-17-29(6)22-14-18-32(9)25-11-10-16-27(2,3)31(25,8)20-19-30(32,7)23(22)12-13-24(29)28(26,4)5/h12,22,24-26H,10-11,13-20H2,1-9H3/t22-,24-,25+,26-,29+,30+,31-,32-/m0/s1. The Bertz CT molecular complexity index is 897. The second-order valence-electron chi connectivity index (χ2n) is 15.5. The number of carbonyl (C=O) groups is 1. The molecule has 0 radical (unpaired) electrons. The smallest absolute Gasteiger partial charge is 0.302 e. The molecule has 5 aliphatic carbocycles. The van der Waals surface area contributed by atoms with Crippen molar-refractivity contribution in [3.63, 3.8) is 0 Å². The summed E-state index contributed by atoms with van der Waals surface area (Å²) in [5.41, 5.74) is 3.85. The van der Waals surface area contributed by atoms with Crippen LogP contribution >= 0.6 is 0 Å². The first-order valence-corrected chi connectivity index (χ1v) is 14.5. The fourth-order valence-corrected chi connectivity index (χ4v) is 11.2. The third kappa shape index (κ3) is 2.95. The molecule has 34 heavy (non-hydrogen) atoms. The topological polar surface area (TPSA) is 26.3 Å². The van der Waals surface area contributed by atoms with Gasteiger partial charge in [0.2, 0.25) is 0 Å². The van der Waals surface area contributed by atoms with Crippen molar-refractivity contribution in [2.24, 2.45) is 50.2 Å². The molecule has 2 nitrogen and oxygen atoms in total. The molecule has 0 spiro atoms. The van der Waals surface area contributed by atoms with E-state index in [0.29, 0.717) is 38.9 Å². The quantitative estimate of drug-likeness (QED) is 0.284. The summed E-state index contributed by atoms with van der Waals surface area (Å²) in [6.45, 7) is 22.2. The van der Waals surface area contributed by atoms with Gasteiger partial charge in [-0.15, -0.1) is 0 Å². The van der Waals surface area contributed by atoms with E-state index in [0.717, 1.165) is 18.8 Å². The van der Waals surface area contributed by atoms with Crippen LogP contribution in [0.2, 0.25) is 0 Å². The van der Waals surface area contributed by atoms with Gasteiger partial charge in [0.25, 0.3) is 0 Å². The van der Waals surface area contributed by atoms with Crippen molar-refractivity contribution in [2.45, 2.75) is 133 Å². The van der Waals surface area contributed by atoms with Crippen molar-refractivity contribution in [3.8, 4) is 0 Å². The Labute approximate surface area is 210 Å². The van der Waals surface area contributed by atoms with Crippen molar-refractivity contribution in [1.82, 2.24) is 0 Å². The van der Waals surface area contributed by atoms with E-state index in [1.54, 1.807) is 6.92 Å². The fraction of sp³-hybridized carbons (Fsp3) is 0.906. The van der Waals surface area contributed by atoms with E-state index in [-0.39, 0.29) is 17.5 Å². The molecule has 8 atom stereocenters. The van der Waals surface area contributed by atoms with Gasteiger partial charge in [0, 0.05) is 12.3 Å². The van der Waals surface area contributed by atoms with Gasteiger partial charge in [0.1, 0.15) is 6.10 Å². The summed E-state index contributed by atoms with van der Waals surface area (Å²) in [6.07, 6.45) is 15.9. The number of hydrogen-bond acceptors (Lipinski definition) is 2. The van der Waals surface area contributed by atoms with Gasteiger partial charge in [-0.1, -0.05) is 73.5 Å². The van der Waals surface area contributed by atoms with E-state index in [9.17, 15) is 4.79 Å². The number of fused-ring (bicyclic) bond motifs is 7. The zero-order valence-corrected chi connectivity index (χ0v) is 23.8. The summed E-state index contributed by atoms with van der Waals surface area (Å²) < 4.78 is 5.89. The Morgan fingerprint density at radius 2 is 1.53 bits per heavy atom. The lowest BCUT2D eigenvalue weighted by molar-refractivity contribution is -0.199. The summed E-state index contributed by atoms with van der Waals surface area (Å²) in [4.78, 5) is 11.9. The Morgan fingerprint density at radius 3 is 2.21 bits per heavy atom. The largest absolute Gasteiger partial charge is 0.462 e. The summed E-state index contributed by atoms with van der Waals surface area (Å²) >= 11 is 0. The predicted octanol–water partition coefficient (Wildman–Crippen LogP) is 8.74. The van der Waals surface area contributed by atoms with Crippen molar-refractivity contribution in [2.75, 3.05) is 0 Å². The monoisotopic (exact) mass is 468 g/mol. The molecule has 0 bridgehead atoms. The van der Waals surface area contributed by atoms with Crippen LogP contribution in [0, 0.1) is 50.2 Å². The molecule has 0 heterocycles. The fourth-order valence-electron chi connectivity index (χ4n) is 11.2. The molecule has 192 valence electrons. The van der Waals surface area contributed by atoms with Crippen LogP contribution in [0.4, 0.5) is 0 Å². The molecule has 5 rings (SSSR count). The Balaban J connectivity index is 1.53. The minimum absolute atomic E-state index is 0.0287. The van der Waals surface area contributed by atoms with Crippen LogP contribution in [-0.2, 0) is 9.53 Å². The molecular weight excluding hydrogens is 416 g/mol. The van der Waals surface area contributed by atoms with Crippen molar-refractivity contribution in [3.05, 3.63) is 11.6 Å². The van der Waals surface area contributed by atoms with Crippen LogP contribution in [0.1, 0.15) is 127 Å². The van der Waals surface area contributed by atoms with Gasteiger partial charge in [0.15, 0.2) is 0 Å². The highest BCUT2D eigenvalue weighted by atomic mass is 16.5. The van der Waals surface area contributed by atoms with Gasteiger partial charge in [0.05, 0.1) is 0 Å². The molecule has 4 saturated carbocycles. The first-order chi connectivity index (χ1) is 15.6. The molecule has 2 heteroatoms. The average Bonchev–Trinajstić information content (AvgIpc) is 2.73. The van der Waals surface area contributed by atoms with Gasteiger partial charge in [-0.25, -0.2) is 0 Å². The molecular formula is C32H52O2. The number of ether oxygens (including phenoxy) is 1. The van der Waals surface area contributed by atoms with Crippen LogP contribution in [-0.4, -0.2) is 12.1 Å². The maximum atomic E-state index is 11.9. The van der Waals surface area contributed by atoms with Crippen LogP contribution in [0.15, 0.2) is 11.6 Å². The molecule has 0 aromatic carbocycles. The Kier molecular flexibility index (Phi) is 5.40. The SMILES string of the molecule is CC(=O)O[C@H]1CC[C@]2(C)[C@H]3CC[C@@]4(C)[C@@H]5CCCC(C)(C)[C@@]5(C)CC[C@]4(C)C3=CC[C@H]2C1(C)C. The highest BCUT2D eigenvalue weighted by Gasteiger charge is 2.68.